The van der Waals surface area contributed by atoms with Crippen LogP contribution in [-0.4, -0.2) is 38.3 Å². The summed E-state index contributed by atoms with van der Waals surface area (Å²) in [4.78, 5) is 22.1. The van der Waals surface area contributed by atoms with Crippen molar-refractivity contribution in [2.24, 2.45) is 7.05 Å². The van der Waals surface area contributed by atoms with E-state index in [0.717, 1.165) is 28.6 Å². The van der Waals surface area contributed by atoms with Crippen LogP contribution in [0.3, 0.4) is 0 Å². The number of hydrogen-bond acceptors (Lipinski definition) is 4. The van der Waals surface area contributed by atoms with Crippen LogP contribution in [0.25, 0.3) is 11.3 Å². The number of nitrogens with zero attached hydrogens (tertiary/aromatic N) is 2. The van der Waals surface area contributed by atoms with Gasteiger partial charge in [-0.2, -0.15) is 5.10 Å². The van der Waals surface area contributed by atoms with Gasteiger partial charge in [0.25, 0.3) is 0 Å². The lowest BCUT2D eigenvalue weighted by Gasteiger charge is -2.05. The van der Waals surface area contributed by atoms with Gasteiger partial charge in [0.2, 0.25) is 5.91 Å². The minimum atomic E-state index is -0.920. The number of amides is 1. The Bertz CT molecular complexity index is 655. The molecule has 6 nitrogen and oxygen atoms in total. The number of nitrogens with one attached hydrogen (secondary N) is 1. The van der Waals surface area contributed by atoms with Gasteiger partial charge in [-0.1, -0.05) is 30.3 Å². The molecule has 1 amide bonds. The summed E-state index contributed by atoms with van der Waals surface area (Å²) < 4.78 is 1.71. The summed E-state index contributed by atoms with van der Waals surface area (Å²) in [5.41, 5.74) is 2.75. The van der Waals surface area contributed by atoms with E-state index in [2.05, 4.69) is 10.4 Å². The van der Waals surface area contributed by atoms with Crippen LogP contribution in [0.5, 0.6) is 0 Å². The van der Waals surface area contributed by atoms with E-state index < -0.39 is 5.97 Å². The standard InChI is InChI=1S/C15H17N3O3S/c1-18-8-12(7-16-13(19)9-22-10-14(20)21)15(17-18)11-5-3-2-4-6-11/h2-6,8H,7,9-10H2,1H3,(H,16,19)(H,20,21). The fraction of sp³-hybridized carbons (Fsp3) is 0.267. The lowest BCUT2D eigenvalue weighted by atomic mass is 10.1. The zero-order valence-electron chi connectivity index (χ0n) is 12.2. The number of thioether (sulfide) groups is 1. The number of carboxylic acid groups (broad SMARTS) is 1. The van der Waals surface area contributed by atoms with E-state index in [4.69, 9.17) is 5.11 Å². The Morgan fingerprint density at radius 3 is 2.68 bits per heavy atom. The Morgan fingerprint density at radius 2 is 2.00 bits per heavy atom. The number of aromatic nitrogens is 2. The second-order valence-corrected chi connectivity index (χ2v) is 5.69. The molecule has 2 rings (SSSR count). The third-order valence-electron chi connectivity index (χ3n) is 2.89. The van der Waals surface area contributed by atoms with Crippen LogP contribution in [0.1, 0.15) is 5.56 Å². The number of hydrogen-bond donors (Lipinski definition) is 2. The molecular formula is C15H17N3O3S. The highest BCUT2D eigenvalue weighted by molar-refractivity contribution is 8.00. The Kier molecular flexibility index (Phi) is 5.60. The minimum Gasteiger partial charge on any atom is -0.481 e. The van der Waals surface area contributed by atoms with Crippen molar-refractivity contribution in [3.8, 4) is 11.3 Å². The maximum Gasteiger partial charge on any atom is 0.313 e. The molecule has 0 spiro atoms. The molecule has 1 heterocycles. The molecule has 0 saturated heterocycles. The first-order chi connectivity index (χ1) is 10.6. The van der Waals surface area contributed by atoms with Crippen molar-refractivity contribution in [3.63, 3.8) is 0 Å². The van der Waals surface area contributed by atoms with Gasteiger partial charge in [-0.15, -0.1) is 11.8 Å². The quantitative estimate of drug-likeness (QED) is 0.808. The maximum atomic E-state index is 11.7. The molecule has 0 fully saturated rings. The molecule has 0 atom stereocenters. The zero-order chi connectivity index (χ0) is 15.9. The Labute approximate surface area is 132 Å². The van der Waals surface area contributed by atoms with Crippen LogP contribution in [0.2, 0.25) is 0 Å². The summed E-state index contributed by atoms with van der Waals surface area (Å²) in [5, 5.41) is 15.8. The third kappa shape index (κ3) is 4.63. The molecule has 0 bridgehead atoms. The molecular weight excluding hydrogens is 302 g/mol. The Hall–Kier alpha value is -2.28. The van der Waals surface area contributed by atoms with Gasteiger partial charge in [0.15, 0.2) is 0 Å². The SMILES string of the molecule is Cn1cc(CNC(=O)CSCC(=O)O)c(-c2ccccc2)n1. The van der Waals surface area contributed by atoms with Crippen molar-refractivity contribution in [1.82, 2.24) is 15.1 Å². The first-order valence-electron chi connectivity index (χ1n) is 6.70. The smallest absolute Gasteiger partial charge is 0.313 e. The highest BCUT2D eigenvalue weighted by Gasteiger charge is 2.11. The maximum absolute atomic E-state index is 11.7. The van der Waals surface area contributed by atoms with Gasteiger partial charge in [-0.3, -0.25) is 14.3 Å². The monoisotopic (exact) mass is 319 g/mol. The number of carbonyl (C=O) groups excluding carboxylic acids is 1. The summed E-state index contributed by atoms with van der Waals surface area (Å²) in [5.74, 6) is -1.05. The van der Waals surface area contributed by atoms with E-state index in [1.165, 1.54) is 0 Å². The van der Waals surface area contributed by atoms with Gasteiger partial charge >= 0.3 is 5.97 Å². The van der Waals surface area contributed by atoms with Gasteiger partial charge in [-0.25, -0.2) is 0 Å². The highest BCUT2D eigenvalue weighted by atomic mass is 32.2. The van der Waals surface area contributed by atoms with E-state index in [0.29, 0.717) is 6.54 Å². The van der Waals surface area contributed by atoms with Crippen molar-refractivity contribution < 1.29 is 14.7 Å². The summed E-state index contributed by atoms with van der Waals surface area (Å²) in [6, 6.07) is 9.75. The summed E-state index contributed by atoms with van der Waals surface area (Å²) in [7, 11) is 1.83. The average molecular weight is 319 g/mol. The van der Waals surface area contributed by atoms with E-state index in [1.54, 1.807) is 4.68 Å². The van der Waals surface area contributed by atoms with Gasteiger partial charge in [-0.05, 0) is 0 Å². The van der Waals surface area contributed by atoms with Crippen LogP contribution in [0.4, 0.5) is 0 Å². The molecule has 2 N–H and O–H groups in total. The predicted molar refractivity (Wildman–Crippen MR) is 85.5 cm³/mol. The number of benzene rings is 1. The normalized spacial score (nSPS) is 10.4. The van der Waals surface area contributed by atoms with E-state index in [1.807, 2.05) is 43.6 Å². The first kappa shape index (κ1) is 16.1. The number of carbonyl (C=O) groups is 2. The molecule has 116 valence electrons. The average Bonchev–Trinajstić information content (AvgIpc) is 2.87. The molecule has 7 heteroatoms. The van der Waals surface area contributed by atoms with Crippen molar-refractivity contribution in [2.45, 2.75) is 6.54 Å². The van der Waals surface area contributed by atoms with Gasteiger partial charge < -0.3 is 10.4 Å². The molecule has 0 aliphatic carbocycles. The number of aliphatic carboxylic acids is 1. The molecule has 1 aromatic heterocycles. The van der Waals surface area contributed by atoms with Crippen LogP contribution in [0.15, 0.2) is 36.5 Å². The second kappa shape index (κ2) is 7.65. The molecule has 1 aromatic carbocycles. The van der Waals surface area contributed by atoms with Crippen LogP contribution < -0.4 is 5.32 Å². The van der Waals surface area contributed by atoms with Crippen molar-refractivity contribution in [2.75, 3.05) is 11.5 Å². The summed E-state index contributed by atoms with van der Waals surface area (Å²) in [6.45, 7) is 0.366. The van der Waals surface area contributed by atoms with E-state index in [-0.39, 0.29) is 17.4 Å². The highest BCUT2D eigenvalue weighted by Crippen LogP contribution is 2.21. The van der Waals surface area contributed by atoms with E-state index in [9.17, 15) is 9.59 Å². The first-order valence-corrected chi connectivity index (χ1v) is 7.86. The Balaban J connectivity index is 1.96. The summed E-state index contributed by atoms with van der Waals surface area (Å²) >= 11 is 1.08. The molecule has 0 unspecified atom stereocenters. The van der Waals surface area contributed by atoms with Gasteiger partial charge in [0.1, 0.15) is 0 Å². The topological polar surface area (TPSA) is 84.2 Å². The third-order valence-corrected chi connectivity index (χ3v) is 3.80. The predicted octanol–water partition coefficient (Wildman–Crippen LogP) is 1.52. The number of aryl methyl sites for hydroxylation is 1. The Morgan fingerprint density at radius 1 is 1.27 bits per heavy atom. The van der Waals surface area contributed by atoms with Crippen LogP contribution in [0, 0.1) is 0 Å². The van der Waals surface area contributed by atoms with Crippen LogP contribution >= 0.6 is 11.8 Å². The summed E-state index contributed by atoms with van der Waals surface area (Å²) in [6.07, 6.45) is 1.87. The number of rotatable bonds is 7. The lowest BCUT2D eigenvalue weighted by molar-refractivity contribution is -0.133. The zero-order valence-corrected chi connectivity index (χ0v) is 13.0. The molecule has 22 heavy (non-hydrogen) atoms. The largest absolute Gasteiger partial charge is 0.481 e. The second-order valence-electron chi connectivity index (χ2n) is 4.71. The van der Waals surface area contributed by atoms with Crippen molar-refractivity contribution in [3.05, 3.63) is 42.1 Å². The molecule has 0 saturated carbocycles. The van der Waals surface area contributed by atoms with E-state index >= 15 is 0 Å². The van der Waals surface area contributed by atoms with Crippen molar-refractivity contribution in [1.29, 1.82) is 0 Å². The van der Waals surface area contributed by atoms with Gasteiger partial charge in [0.05, 0.1) is 17.2 Å². The molecule has 0 radical (unpaired) electrons. The molecule has 2 aromatic rings. The fourth-order valence-corrected chi connectivity index (χ4v) is 2.55. The fourth-order valence-electron chi connectivity index (χ4n) is 1.98. The van der Waals surface area contributed by atoms with Crippen molar-refractivity contribution >= 4 is 23.6 Å². The van der Waals surface area contributed by atoms with Gasteiger partial charge in [0, 0.05) is 30.9 Å². The van der Waals surface area contributed by atoms with Crippen LogP contribution in [-0.2, 0) is 23.2 Å². The molecule has 0 aliphatic rings. The lowest BCUT2D eigenvalue weighted by Crippen LogP contribution is -2.25. The molecule has 0 aliphatic heterocycles. The number of carboxylic acids is 1. The minimum absolute atomic E-state index is 0.0738.